The number of aliphatic hydroxyl groups is 2. The lowest BCUT2D eigenvalue weighted by atomic mass is 9.97. The van der Waals surface area contributed by atoms with Gasteiger partial charge in [-0.2, -0.15) is 50.5 Å². The van der Waals surface area contributed by atoms with Crippen LogP contribution in [-0.4, -0.2) is 300 Å². The van der Waals surface area contributed by atoms with Crippen LogP contribution < -0.4 is 102 Å². The first kappa shape index (κ1) is 105. The lowest BCUT2D eigenvalue weighted by Gasteiger charge is -2.29. The molecule has 666 valence electrons. The molecule has 45 nitrogen and oxygen atoms in total. The highest BCUT2D eigenvalue weighted by molar-refractivity contribution is 7.80. The van der Waals surface area contributed by atoms with Gasteiger partial charge in [-0.1, -0.05) is 32.4 Å². The first-order valence-electron chi connectivity index (χ1n) is 37.7. The zero-order valence-electron chi connectivity index (χ0n) is 66.3. The molecule has 0 radical (unpaired) electrons. The van der Waals surface area contributed by atoms with Gasteiger partial charge in [-0.05, 0) is 110 Å². The van der Waals surface area contributed by atoms with E-state index in [1.54, 1.807) is 6.92 Å². The SMILES string of the molecule is CC[C@H](C)[C@H](NC(=O)[C@H](CCC(=O)O)NC(=O)[C@H](CS)NC(=O)[C@@H](NC(=O)[C@H](CC(N)=O)NC(=O)[C@@H]1CCCN1)[C@@H](C)O)C(=O)N[C@@H](CS)C(=O)N[C@@H](C)C(=O)N[C@@H](Cc1ccc(O)cc1)C(=O)N[C@@H](C)C(=O)N[C@@H](C)C(=O)N[C@@H](CS)C(=O)N[C@H](C(=O)NCC(=O)N[C@@H](CS)C(=O)N[C@@H](CC(=O)O)C(=O)N[C@@H](CCCCN)C(=O)O)[C@@H](C)O. The van der Waals surface area contributed by atoms with Crippen LogP contribution in [0.1, 0.15) is 118 Å². The number of rotatable bonds is 54. The molecule has 0 unspecified atom stereocenters. The number of unbranched alkanes of at least 4 members (excludes halogenated alkanes) is 1. The number of hydrogen-bond acceptors (Lipinski definition) is 29. The minimum Gasteiger partial charge on any atom is -0.508 e. The zero-order chi connectivity index (χ0) is 90.2. The number of aliphatic hydroxyl groups excluding tert-OH is 2. The summed E-state index contributed by atoms with van der Waals surface area (Å²) in [5.41, 5.74) is 11.1. The summed E-state index contributed by atoms with van der Waals surface area (Å²) in [6.45, 7) is 8.72. The smallest absolute Gasteiger partial charge is 0.326 e. The third-order valence-corrected chi connectivity index (χ3v) is 19.6. The topological polar surface area (TPSA) is 719 Å². The third kappa shape index (κ3) is 37.2. The second kappa shape index (κ2) is 53.2. The molecule has 0 saturated carbocycles. The van der Waals surface area contributed by atoms with Crippen LogP contribution >= 0.6 is 50.5 Å². The van der Waals surface area contributed by atoms with E-state index in [9.17, 15) is 127 Å². The van der Waals surface area contributed by atoms with Crippen molar-refractivity contribution in [3.8, 4) is 5.75 Å². The summed E-state index contributed by atoms with van der Waals surface area (Å²) < 4.78 is 0. The van der Waals surface area contributed by atoms with Crippen molar-refractivity contribution in [1.29, 1.82) is 0 Å². The van der Waals surface area contributed by atoms with Crippen LogP contribution in [-0.2, 0) is 102 Å². The number of phenols is 1. The predicted molar refractivity (Wildman–Crippen MR) is 434 cm³/mol. The number of carboxylic acid groups (broad SMARTS) is 3. The average Bonchev–Trinajstić information content (AvgIpc) is 1.48. The zero-order valence-corrected chi connectivity index (χ0v) is 69.9. The molecule has 0 aromatic heterocycles. The Morgan fingerprint density at radius 2 is 0.840 bits per heavy atom. The van der Waals surface area contributed by atoms with Gasteiger partial charge >= 0.3 is 17.9 Å². The maximum atomic E-state index is 14.2. The number of aromatic hydroxyl groups is 1. The average molecular weight is 1760 g/mol. The van der Waals surface area contributed by atoms with Gasteiger partial charge in [0, 0.05) is 35.9 Å². The van der Waals surface area contributed by atoms with E-state index in [4.69, 9.17) is 11.5 Å². The van der Waals surface area contributed by atoms with Gasteiger partial charge in [0.2, 0.25) is 100 Å². The van der Waals surface area contributed by atoms with Crippen LogP contribution in [0.5, 0.6) is 5.75 Å². The number of aliphatic carboxylic acids is 3. The Hall–Kier alpha value is -10.3. The van der Waals surface area contributed by atoms with E-state index in [2.05, 4.69) is 141 Å². The van der Waals surface area contributed by atoms with Gasteiger partial charge in [-0.3, -0.25) is 91.1 Å². The number of thiol groups is 4. The molecule has 1 fully saturated rings. The second-order valence-corrected chi connectivity index (χ2v) is 29.4. The summed E-state index contributed by atoms with van der Waals surface area (Å²) >= 11 is 16.5. The van der Waals surface area contributed by atoms with Crippen molar-refractivity contribution < 1.29 is 127 Å². The minimum absolute atomic E-state index is 0.0710. The number of nitrogens with one attached hydrogen (secondary N) is 17. The molecule has 1 saturated heterocycles. The van der Waals surface area contributed by atoms with E-state index in [1.807, 2.05) is 0 Å². The number of amides is 17. The lowest BCUT2D eigenvalue weighted by Crippen LogP contribution is -2.62. The van der Waals surface area contributed by atoms with Crippen molar-refractivity contribution in [3.05, 3.63) is 29.8 Å². The molecule has 1 aromatic rings. The highest BCUT2D eigenvalue weighted by atomic mass is 32.1. The highest BCUT2D eigenvalue weighted by Gasteiger charge is 2.40. The molecule has 119 heavy (non-hydrogen) atoms. The highest BCUT2D eigenvalue weighted by Crippen LogP contribution is 2.15. The fourth-order valence-electron chi connectivity index (χ4n) is 11.0. The van der Waals surface area contributed by atoms with Gasteiger partial charge in [-0.15, -0.1) is 0 Å². The van der Waals surface area contributed by atoms with E-state index < -0.39 is 288 Å². The molecule has 0 spiro atoms. The molecular weight excluding hydrogens is 1650 g/mol. The number of carbonyl (C=O) groups is 20. The standard InChI is InChI=1S/C70H111N19O26S4/c1-8-30(2)52(87-59(103)39(18-19-50(95)96)79-65(109)46(28-118)86-69(113)54(35(7)91)89-62(106)42(23-48(72)93)82-58(102)38-13-11-21-73-38)68(112)85-45(27-117)63(107)77-33(5)56(100)81-41(22-36-14-16-37(92)17-15-36)60(104)76-31(3)55(99)75-32(4)57(101)84-47(29-119)66(110)88-53(34(6)90)67(111)74-25-49(94)78-44(26-116)64(108)83-43(24-51(97)98)61(105)80-40(70(114)115)12-9-10-20-71/h14-17,30-35,38-47,52-54,73,90-92,116-119H,8-13,18-29,71H2,1-7H3,(H2,72,93)(H,74,111)(H,75,99)(H,76,104)(H,77,107)(H,78,94)(H,79,109)(H,80,105)(H,81,100)(H,82,102)(H,83,108)(H,84,101)(H,85,112)(H,86,113)(H,87,103)(H,88,110)(H,89,106)(H,95,96)(H,97,98)(H,114,115)/t30-,31-,32-,33-,34+,35+,38-,39-,40-,41-,42-,43-,44-,45-,46-,47-,52-,53-,54-/m0/s1. The molecule has 49 heteroatoms. The fourth-order valence-corrected chi connectivity index (χ4v) is 12.0. The van der Waals surface area contributed by atoms with Crippen LogP contribution in [0.2, 0.25) is 0 Å². The first-order valence-corrected chi connectivity index (χ1v) is 40.2. The van der Waals surface area contributed by atoms with Crippen LogP contribution in [0.4, 0.5) is 0 Å². The summed E-state index contributed by atoms with van der Waals surface area (Å²) in [7, 11) is 0. The molecule has 2 rings (SSSR count). The Labute approximate surface area is 705 Å². The normalized spacial score (nSPS) is 16.8. The van der Waals surface area contributed by atoms with Gasteiger partial charge in [0.15, 0.2) is 0 Å². The molecule has 1 aliphatic rings. The van der Waals surface area contributed by atoms with Crippen LogP contribution in [0.25, 0.3) is 0 Å². The molecule has 27 N–H and O–H groups in total. The Morgan fingerprint density at radius 1 is 0.445 bits per heavy atom. The van der Waals surface area contributed by atoms with E-state index >= 15 is 0 Å². The van der Waals surface area contributed by atoms with Crippen LogP contribution in [0.3, 0.4) is 0 Å². The Bertz CT molecular complexity index is 3740. The van der Waals surface area contributed by atoms with Crippen molar-refractivity contribution in [2.24, 2.45) is 17.4 Å². The first-order chi connectivity index (χ1) is 55.9. The van der Waals surface area contributed by atoms with E-state index in [1.165, 1.54) is 52.0 Å². The molecule has 0 bridgehead atoms. The maximum Gasteiger partial charge on any atom is 0.326 e. The van der Waals surface area contributed by atoms with Gasteiger partial charge in [0.1, 0.15) is 96.4 Å². The summed E-state index contributed by atoms with van der Waals surface area (Å²) in [5, 5.41) is 99.6. The van der Waals surface area contributed by atoms with Crippen molar-refractivity contribution in [2.45, 2.75) is 228 Å². The molecule has 0 aliphatic carbocycles. The molecule has 17 amide bonds. The van der Waals surface area contributed by atoms with E-state index in [0.717, 1.165) is 13.8 Å². The quantitative estimate of drug-likeness (QED) is 0.0213. The molecular formula is C70H111N19O26S4. The Kier molecular flexibility index (Phi) is 46.9. The van der Waals surface area contributed by atoms with Gasteiger partial charge in [0.25, 0.3) is 0 Å². The third-order valence-electron chi connectivity index (χ3n) is 18.2. The summed E-state index contributed by atoms with van der Waals surface area (Å²) in [5.74, 6) is -25.2. The van der Waals surface area contributed by atoms with Gasteiger partial charge < -0.3 is 132 Å². The van der Waals surface area contributed by atoms with E-state index in [0.29, 0.717) is 31.4 Å². The summed E-state index contributed by atoms with van der Waals surface area (Å²) in [4.78, 5) is 264. The van der Waals surface area contributed by atoms with Gasteiger partial charge in [0.05, 0.1) is 37.6 Å². The maximum absolute atomic E-state index is 14.2. The second-order valence-electron chi connectivity index (χ2n) is 27.9. The Balaban J connectivity index is 2.20. The minimum atomic E-state index is -1.84. The van der Waals surface area contributed by atoms with Crippen LogP contribution in [0.15, 0.2) is 24.3 Å². The molecule has 1 aromatic carbocycles. The monoisotopic (exact) mass is 1760 g/mol. The van der Waals surface area contributed by atoms with Crippen LogP contribution in [0, 0.1) is 5.92 Å². The Morgan fingerprint density at radius 3 is 1.30 bits per heavy atom. The van der Waals surface area contributed by atoms with Gasteiger partial charge in [-0.25, -0.2) is 4.79 Å². The fraction of sp³-hybridized carbons (Fsp3) is 0.629. The summed E-state index contributed by atoms with van der Waals surface area (Å²) in [6, 6.07) is -19.7. The lowest BCUT2D eigenvalue weighted by molar-refractivity contribution is -0.144. The number of hydrogen-bond donors (Lipinski definition) is 29. The molecule has 1 heterocycles. The largest absolute Gasteiger partial charge is 0.508 e. The number of primary amides is 1. The number of nitrogens with two attached hydrogens (primary N) is 2. The molecule has 19 atom stereocenters. The summed E-state index contributed by atoms with van der Waals surface area (Å²) in [6.07, 6.45) is -4.85. The van der Waals surface area contributed by atoms with Crippen molar-refractivity contribution in [3.63, 3.8) is 0 Å². The van der Waals surface area contributed by atoms with Crippen molar-refractivity contribution in [2.75, 3.05) is 42.6 Å². The number of carboxylic acids is 3. The number of carbonyl (C=O) groups excluding carboxylic acids is 17. The van der Waals surface area contributed by atoms with Crippen molar-refractivity contribution >= 4 is 169 Å². The number of benzene rings is 1. The van der Waals surface area contributed by atoms with E-state index in [-0.39, 0.29) is 38.0 Å². The van der Waals surface area contributed by atoms with Crippen molar-refractivity contribution in [1.82, 2.24) is 90.4 Å². The predicted octanol–water partition coefficient (Wildman–Crippen LogP) is -9.91. The number of phenolic OH excluding ortho intramolecular Hbond substituents is 1. The molecule has 1 aliphatic heterocycles.